The fourth-order valence-electron chi connectivity index (χ4n) is 2.85. The Balaban J connectivity index is 1.52. The summed E-state index contributed by atoms with van der Waals surface area (Å²) in [6.07, 6.45) is 6.21. The summed E-state index contributed by atoms with van der Waals surface area (Å²) in [6.45, 7) is 3.78. The van der Waals surface area contributed by atoms with Gasteiger partial charge in [-0.05, 0) is 42.9 Å². The maximum absolute atomic E-state index is 12.3. The highest BCUT2D eigenvalue weighted by Crippen LogP contribution is 2.18. The summed E-state index contributed by atoms with van der Waals surface area (Å²) < 4.78 is 30.7. The van der Waals surface area contributed by atoms with E-state index in [1.807, 2.05) is 36.5 Å². The fourth-order valence-corrected chi connectivity index (χ4v) is 4.09. The first-order valence-corrected chi connectivity index (χ1v) is 9.82. The Morgan fingerprint density at radius 1 is 1.21 bits per heavy atom. The fraction of sp³-hybridized carbons (Fsp3) is 0.471. The highest BCUT2D eigenvalue weighted by atomic mass is 32.2. The molecule has 1 aromatic heterocycles. The van der Waals surface area contributed by atoms with Crippen molar-refractivity contribution in [1.29, 1.82) is 0 Å². The lowest BCUT2D eigenvalue weighted by atomic mass is 10.0. The van der Waals surface area contributed by atoms with E-state index in [1.54, 1.807) is 15.2 Å². The molecule has 2 aromatic rings. The predicted molar refractivity (Wildman–Crippen MR) is 94.2 cm³/mol. The van der Waals surface area contributed by atoms with Crippen molar-refractivity contribution in [1.82, 2.24) is 18.8 Å². The molecule has 0 radical (unpaired) electrons. The average Bonchev–Trinajstić information content (AvgIpc) is 3.05. The summed E-state index contributed by atoms with van der Waals surface area (Å²) in [5.74, 6) is 0.611. The van der Waals surface area contributed by atoms with Gasteiger partial charge in [0, 0.05) is 25.8 Å². The van der Waals surface area contributed by atoms with Gasteiger partial charge in [-0.2, -0.15) is 17.8 Å². The van der Waals surface area contributed by atoms with E-state index in [2.05, 4.69) is 16.7 Å². The number of hydrogen-bond donors (Lipinski definition) is 1. The Bertz CT molecular complexity index is 750. The van der Waals surface area contributed by atoms with E-state index in [0.717, 1.165) is 24.1 Å². The zero-order valence-electron chi connectivity index (χ0n) is 13.9. The summed E-state index contributed by atoms with van der Waals surface area (Å²) in [5, 5.41) is 4.33. The largest absolute Gasteiger partial charge is 0.279 e. The molecule has 24 heavy (non-hydrogen) atoms. The lowest BCUT2D eigenvalue weighted by Crippen LogP contribution is -2.45. The number of piperidine rings is 1. The van der Waals surface area contributed by atoms with Gasteiger partial charge < -0.3 is 0 Å². The second kappa shape index (κ2) is 7.46. The Hall–Kier alpha value is -1.70. The quantitative estimate of drug-likeness (QED) is 0.868. The van der Waals surface area contributed by atoms with Gasteiger partial charge in [-0.1, -0.05) is 25.1 Å². The summed E-state index contributed by atoms with van der Waals surface area (Å²) in [6, 6.07) is 9.85. The highest BCUT2D eigenvalue weighted by molar-refractivity contribution is 7.87. The summed E-state index contributed by atoms with van der Waals surface area (Å²) in [4.78, 5) is 0. The molecule has 2 heterocycles. The van der Waals surface area contributed by atoms with Crippen LogP contribution in [0.3, 0.4) is 0 Å². The standard InChI is InChI=1S/C17H24N4O2S/c1-15-8-11-20(12-9-15)24(22,23)19-10-7-16-13-18-21(14-16)17-5-3-2-4-6-17/h2-6,13-15,19H,7-12H2,1H3. The minimum atomic E-state index is -3.37. The van der Waals surface area contributed by atoms with Crippen LogP contribution >= 0.6 is 0 Å². The van der Waals surface area contributed by atoms with Gasteiger partial charge in [-0.15, -0.1) is 0 Å². The molecule has 1 fully saturated rings. The van der Waals surface area contributed by atoms with Crippen molar-refractivity contribution in [2.45, 2.75) is 26.2 Å². The average molecular weight is 348 g/mol. The van der Waals surface area contributed by atoms with Gasteiger partial charge in [0.05, 0.1) is 11.9 Å². The van der Waals surface area contributed by atoms with Gasteiger partial charge in [0.1, 0.15) is 0 Å². The van der Waals surface area contributed by atoms with Crippen LogP contribution in [0.4, 0.5) is 0 Å². The molecule has 0 amide bonds. The molecular weight excluding hydrogens is 324 g/mol. The minimum absolute atomic E-state index is 0.384. The number of hydrogen-bond acceptors (Lipinski definition) is 3. The van der Waals surface area contributed by atoms with E-state index in [-0.39, 0.29) is 0 Å². The lowest BCUT2D eigenvalue weighted by molar-refractivity contribution is 0.285. The van der Waals surface area contributed by atoms with Crippen LogP contribution in [-0.2, 0) is 16.6 Å². The lowest BCUT2D eigenvalue weighted by Gasteiger charge is -2.29. The zero-order valence-corrected chi connectivity index (χ0v) is 14.7. The summed E-state index contributed by atoms with van der Waals surface area (Å²) in [7, 11) is -3.37. The normalized spacial score (nSPS) is 17.2. The molecule has 1 N–H and O–H groups in total. The molecule has 1 aliphatic rings. The van der Waals surface area contributed by atoms with Crippen LogP contribution in [0.25, 0.3) is 5.69 Å². The first-order chi connectivity index (χ1) is 11.5. The summed E-state index contributed by atoms with van der Waals surface area (Å²) >= 11 is 0. The first-order valence-electron chi connectivity index (χ1n) is 8.38. The second-order valence-corrected chi connectivity index (χ2v) is 8.11. The van der Waals surface area contributed by atoms with Crippen LogP contribution < -0.4 is 4.72 Å². The smallest absolute Gasteiger partial charge is 0.241 e. The van der Waals surface area contributed by atoms with Gasteiger partial charge in [-0.25, -0.2) is 9.40 Å². The molecule has 7 heteroatoms. The van der Waals surface area contributed by atoms with Gasteiger partial charge in [0.15, 0.2) is 0 Å². The Kier molecular flexibility index (Phi) is 5.33. The molecule has 1 saturated heterocycles. The number of rotatable bonds is 6. The summed E-state index contributed by atoms with van der Waals surface area (Å²) in [5.41, 5.74) is 2.00. The van der Waals surface area contributed by atoms with Crippen LogP contribution in [0, 0.1) is 5.92 Å². The Morgan fingerprint density at radius 3 is 2.62 bits per heavy atom. The van der Waals surface area contributed by atoms with Crippen molar-refractivity contribution in [2.24, 2.45) is 5.92 Å². The van der Waals surface area contributed by atoms with Gasteiger partial charge in [-0.3, -0.25) is 0 Å². The van der Waals surface area contributed by atoms with Crippen LogP contribution in [0.15, 0.2) is 42.7 Å². The van der Waals surface area contributed by atoms with E-state index in [9.17, 15) is 8.42 Å². The highest BCUT2D eigenvalue weighted by Gasteiger charge is 2.25. The number of para-hydroxylation sites is 1. The molecule has 1 aromatic carbocycles. The third-order valence-electron chi connectivity index (χ3n) is 4.44. The topological polar surface area (TPSA) is 67.2 Å². The van der Waals surface area contributed by atoms with Crippen molar-refractivity contribution in [3.63, 3.8) is 0 Å². The molecular formula is C17H24N4O2S. The van der Waals surface area contributed by atoms with E-state index in [0.29, 0.717) is 32.0 Å². The molecule has 1 aliphatic heterocycles. The second-order valence-electron chi connectivity index (χ2n) is 6.36. The minimum Gasteiger partial charge on any atom is -0.241 e. The molecule has 130 valence electrons. The van der Waals surface area contributed by atoms with Crippen molar-refractivity contribution < 1.29 is 8.42 Å². The third kappa shape index (κ3) is 4.23. The van der Waals surface area contributed by atoms with E-state index < -0.39 is 10.2 Å². The van der Waals surface area contributed by atoms with E-state index in [1.165, 1.54) is 0 Å². The van der Waals surface area contributed by atoms with Gasteiger partial charge in [0.25, 0.3) is 10.2 Å². The first kappa shape index (κ1) is 17.1. The van der Waals surface area contributed by atoms with Crippen LogP contribution in [0.1, 0.15) is 25.3 Å². The van der Waals surface area contributed by atoms with Crippen LogP contribution in [-0.4, -0.2) is 42.1 Å². The van der Waals surface area contributed by atoms with Crippen molar-refractivity contribution in [3.8, 4) is 5.69 Å². The Labute approximate surface area is 143 Å². The van der Waals surface area contributed by atoms with E-state index in [4.69, 9.17) is 0 Å². The molecule has 0 atom stereocenters. The van der Waals surface area contributed by atoms with Crippen LogP contribution in [0.2, 0.25) is 0 Å². The van der Waals surface area contributed by atoms with Gasteiger partial charge in [0.2, 0.25) is 0 Å². The van der Waals surface area contributed by atoms with Crippen molar-refractivity contribution in [2.75, 3.05) is 19.6 Å². The molecule has 0 bridgehead atoms. The maximum Gasteiger partial charge on any atom is 0.279 e. The predicted octanol–water partition coefficient (Wildman–Crippen LogP) is 1.98. The van der Waals surface area contributed by atoms with Crippen molar-refractivity contribution in [3.05, 3.63) is 48.3 Å². The molecule has 6 nitrogen and oxygen atoms in total. The molecule has 0 unspecified atom stereocenters. The van der Waals surface area contributed by atoms with Crippen LogP contribution in [0.5, 0.6) is 0 Å². The number of aromatic nitrogens is 2. The molecule has 0 spiro atoms. The SMILES string of the molecule is CC1CCN(S(=O)(=O)NCCc2cnn(-c3ccccc3)c2)CC1. The third-order valence-corrected chi connectivity index (χ3v) is 6.05. The number of nitrogens with one attached hydrogen (secondary N) is 1. The van der Waals surface area contributed by atoms with E-state index >= 15 is 0 Å². The molecule has 0 saturated carbocycles. The number of nitrogens with zero attached hydrogens (tertiary/aromatic N) is 3. The van der Waals surface area contributed by atoms with Gasteiger partial charge >= 0.3 is 0 Å². The molecule has 0 aliphatic carbocycles. The monoisotopic (exact) mass is 348 g/mol. The maximum atomic E-state index is 12.3. The number of benzene rings is 1. The Morgan fingerprint density at radius 2 is 1.92 bits per heavy atom. The van der Waals surface area contributed by atoms with Crippen molar-refractivity contribution >= 4 is 10.2 Å². The molecule has 3 rings (SSSR count). The zero-order chi connectivity index (χ0) is 17.0.